The topological polar surface area (TPSA) is 34.4 Å². The molecule has 1 amide bonds. The quantitative estimate of drug-likeness (QED) is 0.686. The summed E-state index contributed by atoms with van der Waals surface area (Å²) in [6, 6.07) is 20.4. The van der Waals surface area contributed by atoms with Gasteiger partial charge in [0.1, 0.15) is 11.3 Å². The standard InChI is InChI=1S/C23H21FN2O/c1-16-5-7-17(8-6-16)15-26-13-3-2-4-22(26)25-23(27)21-14-20(21)18-9-11-19(24)12-10-18/h2-13,20-21H,14-15H2,1H3/t20-,21+/m0/s1. The van der Waals surface area contributed by atoms with Crippen molar-refractivity contribution >= 4 is 5.91 Å². The van der Waals surface area contributed by atoms with Crippen molar-refractivity contribution in [1.82, 2.24) is 4.57 Å². The van der Waals surface area contributed by atoms with Gasteiger partial charge in [0, 0.05) is 18.7 Å². The van der Waals surface area contributed by atoms with E-state index in [0.717, 1.165) is 17.5 Å². The molecule has 1 aromatic heterocycles. The maximum Gasteiger partial charge on any atom is 0.251 e. The largest absolute Gasteiger partial charge is 0.328 e. The Morgan fingerprint density at radius 1 is 1.07 bits per heavy atom. The van der Waals surface area contributed by atoms with E-state index in [4.69, 9.17) is 0 Å². The molecular formula is C23H21FN2O. The zero-order valence-corrected chi connectivity index (χ0v) is 15.2. The Morgan fingerprint density at radius 3 is 2.56 bits per heavy atom. The highest BCUT2D eigenvalue weighted by molar-refractivity contribution is 5.83. The molecule has 1 saturated carbocycles. The minimum atomic E-state index is -0.256. The number of nitrogens with zero attached hydrogens (tertiary/aromatic N) is 2. The van der Waals surface area contributed by atoms with Crippen LogP contribution in [0.15, 0.2) is 77.9 Å². The Labute approximate surface area is 157 Å². The summed E-state index contributed by atoms with van der Waals surface area (Å²) < 4.78 is 15.1. The van der Waals surface area contributed by atoms with E-state index in [2.05, 4.69) is 36.2 Å². The average molecular weight is 360 g/mol. The van der Waals surface area contributed by atoms with Crippen LogP contribution in [0.3, 0.4) is 0 Å². The van der Waals surface area contributed by atoms with Crippen molar-refractivity contribution in [2.24, 2.45) is 10.9 Å². The second-order valence-corrected chi connectivity index (χ2v) is 7.12. The van der Waals surface area contributed by atoms with Gasteiger partial charge in [-0.1, -0.05) is 48.0 Å². The van der Waals surface area contributed by atoms with Gasteiger partial charge in [0.2, 0.25) is 0 Å². The number of hydrogen-bond acceptors (Lipinski definition) is 1. The third-order valence-corrected chi connectivity index (χ3v) is 5.02. The minimum absolute atomic E-state index is 0.104. The van der Waals surface area contributed by atoms with Gasteiger partial charge >= 0.3 is 0 Å². The molecule has 1 fully saturated rings. The number of pyridine rings is 1. The molecule has 0 unspecified atom stereocenters. The zero-order valence-electron chi connectivity index (χ0n) is 15.2. The molecule has 0 saturated heterocycles. The second kappa shape index (κ2) is 7.31. The van der Waals surface area contributed by atoms with Gasteiger partial charge in [-0.05, 0) is 54.7 Å². The number of aryl methyl sites for hydroxylation is 1. The van der Waals surface area contributed by atoms with Gasteiger partial charge in [-0.2, -0.15) is 4.99 Å². The fourth-order valence-electron chi connectivity index (χ4n) is 3.33. The van der Waals surface area contributed by atoms with Gasteiger partial charge in [-0.15, -0.1) is 0 Å². The number of aromatic nitrogens is 1. The lowest BCUT2D eigenvalue weighted by Gasteiger charge is -2.08. The van der Waals surface area contributed by atoms with Crippen molar-refractivity contribution in [3.05, 3.63) is 101 Å². The molecular weight excluding hydrogens is 339 g/mol. The van der Waals surface area contributed by atoms with Gasteiger partial charge in [-0.3, -0.25) is 4.79 Å². The van der Waals surface area contributed by atoms with Gasteiger partial charge in [0.15, 0.2) is 0 Å². The Balaban J connectivity index is 1.53. The molecule has 0 spiro atoms. The maximum atomic E-state index is 13.1. The molecule has 0 bridgehead atoms. The number of carbonyl (C=O) groups is 1. The van der Waals surface area contributed by atoms with Crippen molar-refractivity contribution in [3.8, 4) is 0 Å². The molecule has 4 heteroatoms. The van der Waals surface area contributed by atoms with Crippen molar-refractivity contribution in [3.63, 3.8) is 0 Å². The predicted octanol–water partition coefficient (Wildman–Crippen LogP) is 4.21. The summed E-state index contributed by atoms with van der Waals surface area (Å²) in [6.07, 6.45) is 2.72. The van der Waals surface area contributed by atoms with Crippen LogP contribution < -0.4 is 5.49 Å². The summed E-state index contributed by atoms with van der Waals surface area (Å²) >= 11 is 0. The van der Waals surface area contributed by atoms with E-state index in [-0.39, 0.29) is 23.6 Å². The number of amides is 1. The molecule has 0 radical (unpaired) electrons. The SMILES string of the molecule is Cc1ccc(Cn2ccccc2=NC(=O)[C@@H]2C[C@H]2c2ccc(F)cc2)cc1. The molecule has 1 heterocycles. The molecule has 1 aliphatic carbocycles. The smallest absolute Gasteiger partial charge is 0.251 e. The lowest BCUT2D eigenvalue weighted by Crippen LogP contribution is -2.22. The lowest BCUT2D eigenvalue weighted by atomic mass is 10.1. The Kier molecular flexibility index (Phi) is 4.71. The fraction of sp³-hybridized carbons (Fsp3) is 0.217. The molecule has 3 aromatic rings. The highest BCUT2D eigenvalue weighted by atomic mass is 19.1. The first-order valence-corrected chi connectivity index (χ1v) is 9.15. The van der Waals surface area contributed by atoms with Crippen LogP contribution in [0, 0.1) is 18.7 Å². The molecule has 27 heavy (non-hydrogen) atoms. The summed E-state index contributed by atoms with van der Waals surface area (Å²) in [6.45, 7) is 2.73. The third kappa shape index (κ3) is 4.05. The number of hydrogen-bond donors (Lipinski definition) is 0. The lowest BCUT2D eigenvalue weighted by molar-refractivity contribution is -0.119. The first kappa shape index (κ1) is 17.4. The maximum absolute atomic E-state index is 13.1. The molecule has 3 nitrogen and oxygen atoms in total. The van der Waals surface area contributed by atoms with Crippen LogP contribution in [0.25, 0.3) is 0 Å². The van der Waals surface area contributed by atoms with E-state index in [0.29, 0.717) is 12.0 Å². The highest BCUT2D eigenvalue weighted by Gasteiger charge is 2.43. The van der Waals surface area contributed by atoms with Crippen LogP contribution >= 0.6 is 0 Å². The van der Waals surface area contributed by atoms with Crippen molar-refractivity contribution in [2.75, 3.05) is 0 Å². The van der Waals surface area contributed by atoms with Crippen molar-refractivity contribution < 1.29 is 9.18 Å². The Morgan fingerprint density at radius 2 is 1.81 bits per heavy atom. The van der Waals surface area contributed by atoms with Gasteiger partial charge < -0.3 is 4.57 Å². The first-order valence-electron chi connectivity index (χ1n) is 9.15. The summed E-state index contributed by atoms with van der Waals surface area (Å²) in [7, 11) is 0. The summed E-state index contributed by atoms with van der Waals surface area (Å²) in [5.41, 5.74) is 4.05. The number of carbonyl (C=O) groups excluding carboxylic acids is 1. The number of benzene rings is 2. The molecule has 4 rings (SSSR count). The number of rotatable bonds is 4. The van der Waals surface area contributed by atoms with E-state index in [9.17, 15) is 9.18 Å². The summed E-state index contributed by atoms with van der Waals surface area (Å²) in [5.74, 6) is -0.318. The van der Waals surface area contributed by atoms with Gasteiger partial charge in [0.25, 0.3) is 5.91 Å². The van der Waals surface area contributed by atoms with Crippen LogP contribution in [0.4, 0.5) is 4.39 Å². The minimum Gasteiger partial charge on any atom is -0.328 e. The van der Waals surface area contributed by atoms with Crippen LogP contribution in [0.2, 0.25) is 0 Å². The summed E-state index contributed by atoms with van der Waals surface area (Å²) in [4.78, 5) is 17.0. The van der Waals surface area contributed by atoms with Crippen LogP contribution in [-0.2, 0) is 11.3 Å². The van der Waals surface area contributed by atoms with E-state index >= 15 is 0 Å². The van der Waals surface area contributed by atoms with Crippen molar-refractivity contribution in [1.29, 1.82) is 0 Å². The second-order valence-electron chi connectivity index (χ2n) is 7.12. The van der Waals surface area contributed by atoms with E-state index < -0.39 is 0 Å². The average Bonchev–Trinajstić information content (AvgIpc) is 3.47. The van der Waals surface area contributed by atoms with Crippen LogP contribution in [-0.4, -0.2) is 10.5 Å². The Hall–Kier alpha value is -3.01. The molecule has 136 valence electrons. The molecule has 1 aliphatic rings. The van der Waals surface area contributed by atoms with Crippen molar-refractivity contribution in [2.45, 2.75) is 25.8 Å². The monoisotopic (exact) mass is 360 g/mol. The Bertz CT molecular complexity index is 1020. The molecule has 0 aliphatic heterocycles. The van der Waals surface area contributed by atoms with Gasteiger partial charge in [0.05, 0.1) is 0 Å². The van der Waals surface area contributed by atoms with Gasteiger partial charge in [-0.25, -0.2) is 4.39 Å². The fourth-order valence-corrected chi connectivity index (χ4v) is 3.33. The first-order chi connectivity index (χ1) is 13.1. The number of halogens is 1. The summed E-state index contributed by atoms with van der Waals surface area (Å²) in [5, 5.41) is 0. The molecule has 0 N–H and O–H groups in total. The highest BCUT2D eigenvalue weighted by Crippen LogP contribution is 2.48. The van der Waals surface area contributed by atoms with E-state index in [1.165, 1.54) is 17.7 Å². The molecule has 2 aromatic carbocycles. The molecule has 2 atom stereocenters. The predicted molar refractivity (Wildman–Crippen MR) is 103 cm³/mol. The van der Waals surface area contributed by atoms with E-state index in [1.807, 2.05) is 29.0 Å². The van der Waals surface area contributed by atoms with Crippen LogP contribution in [0.1, 0.15) is 29.0 Å². The van der Waals surface area contributed by atoms with Crippen LogP contribution in [0.5, 0.6) is 0 Å². The van der Waals surface area contributed by atoms with E-state index in [1.54, 1.807) is 12.1 Å². The zero-order chi connectivity index (χ0) is 18.8. The normalized spacial score (nSPS) is 19.1. The third-order valence-electron chi connectivity index (χ3n) is 5.02.